The molecule has 0 saturated carbocycles. The molecule has 0 unspecified atom stereocenters. The summed E-state index contributed by atoms with van der Waals surface area (Å²) in [6, 6.07) is 26.6. The van der Waals surface area contributed by atoms with Crippen LogP contribution in [0.3, 0.4) is 0 Å². The molecule has 7 rings (SSSR count). The average molecular weight is 506 g/mol. The summed E-state index contributed by atoms with van der Waals surface area (Å²) in [6.07, 6.45) is 9.09. The van der Waals surface area contributed by atoms with Gasteiger partial charge in [-0.3, -0.25) is 15.1 Å². The Morgan fingerprint density at radius 3 is 2.46 bits per heavy atom. The third-order valence-corrected chi connectivity index (χ3v) is 6.82. The minimum Gasteiger partial charge on any atom is -0.354 e. The number of H-pyrrole nitrogens is 2. The molecule has 0 aliphatic heterocycles. The molecule has 0 aliphatic rings. The molecule has 39 heavy (non-hydrogen) atoms. The fourth-order valence-corrected chi connectivity index (χ4v) is 4.88. The molecule has 0 spiro atoms. The van der Waals surface area contributed by atoms with Crippen molar-refractivity contribution in [1.82, 2.24) is 30.1 Å². The smallest absolute Gasteiger partial charge is 0.155 e. The normalized spacial score (nSPS) is 11.2. The Hall–Kier alpha value is -5.56. The van der Waals surface area contributed by atoms with E-state index < -0.39 is 0 Å². The Morgan fingerprint density at radius 2 is 1.59 bits per heavy atom. The lowest BCUT2D eigenvalue weighted by molar-refractivity contribution is 1.10. The van der Waals surface area contributed by atoms with Crippen LogP contribution in [0.1, 0.15) is 5.56 Å². The van der Waals surface area contributed by atoms with Gasteiger partial charge in [0.2, 0.25) is 0 Å². The summed E-state index contributed by atoms with van der Waals surface area (Å²) >= 11 is 0. The number of fused-ring (bicyclic) bond motifs is 2. The number of hydrogen-bond acceptors (Lipinski definition) is 5. The van der Waals surface area contributed by atoms with Crippen LogP contribution in [0, 0.1) is 0 Å². The van der Waals surface area contributed by atoms with Gasteiger partial charge < -0.3 is 10.3 Å². The first-order valence-corrected chi connectivity index (χ1v) is 12.6. The zero-order valence-corrected chi connectivity index (χ0v) is 20.9. The Morgan fingerprint density at radius 1 is 0.744 bits per heavy atom. The number of benzene rings is 2. The van der Waals surface area contributed by atoms with Gasteiger partial charge in [0.05, 0.1) is 17.6 Å². The molecule has 7 nitrogen and oxygen atoms in total. The molecular formula is C32H23N7. The van der Waals surface area contributed by atoms with Gasteiger partial charge in [-0.2, -0.15) is 5.10 Å². The summed E-state index contributed by atoms with van der Waals surface area (Å²) in [7, 11) is 0. The van der Waals surface area contributed by atoms with Crippen molar-refractivity contribution in [2.24, 2.45) is 0 Å². The maximum absolute atomic E-state index is 4.66. The zero-order chi connectivity index (χ0) is 26.2. The van der Waals surface area contributed by atoms with Crippen molar-refractivity contribution in [2.75, 3.05) is 5.32 Å². The molecule has 5 aromatic heterocycles. The van der Waals surface area contributed by atoms with Gasteiger partial charge in [-0.1, -0.05) is 49.0 Å². The third kappa shape index (κ3) is 4.22. The van der Waals surface area contributed by atoms with Gasteiger partial charge in [0.1, 0.15) is 5.69 Å². The number of pyridine rings is 3. The van der Waals surface area contributed by atoms with E-state index in [-0.39, 0.29) is 0 Å². The first-order chi connectivity index (χ1) is 19.2. The highest BCUT2D eigenvalue weighted by Gasteiger charge is 2.15. The van der Waals surface area contributed by atoms with Crippen LogP contribution < -0.4 is 5.32 Å². The molecule has 186 valence electrons. The highest BCUT2D eigenvalue weighted by molar-refractivity contribution is 6.01. The molecule has 0 bridgehead atoms. The van der Waals surface area contributed by atoms with Crippen molar-refractivity contribution in [3.63, 3.8) is 0 Å². The highest BCUT2D eigenvalue weighted by atomic mass is 15.2. The number of rotatable bonds is 6. The van der Waals surface area contributed by atoms with Crippen LogP contribution >= 0.6 is 0 Å². The van der Waals surface area contributed by atoms with Gasteiger partial charge in [-0.15, -0.1) is 0 Å². The summed E-state index contributed by atoms with van der Waals surface area (Å²) in [4.78, 5) is 16.8. The second-order valence-corrected chi connectivity index (χ2v) is 9.31. The minimum absolute atomic E-state index is 0.724. The van der Waals surface area contributed by atoms with Crippen LogP contribution in [0.5, 0.6) is 0 Å². The fourth-order valence-electron chi connectivity index (χ4n) is 4.88. The monoisotopic (exact) mass is 505 g/mol. The number of aromatic nitrogens is 6. The van der Waals surface area contributed by atoms with Crippen LogP contribution in [0.25, 0.3) is 61.3 Å². The van der Waals surface area contributed by atoms with E-state index in [0.29, 0.717) is 0 Å². The molecule has 7 heteroatoms. The lowest BCUT2D eigenvalue weighted by atomic mass is 10.0. The number of aromatic amines is 2. The van der Waals surface area contributed by atoms with Crippen molar-refractivity contribution in [2.45, 2.75) is 0 Å². The molecule has 5 heterocycles. The maximum atomic E-state index is 4.66. The molecule has 0 atom stereocenters. The lowest BCUT2D eigenvalue weighted by Crippen LogP contribution is -1.98. The van der Waals surface area contributed by atoms with Gasteiger partial charge in [-0.25, -0.2) is 4.98 Å². The standard InChI is InChI=1S/C32H23N7/c1-20(21-6-3-2-4-7-21)36-25-14-23(17-34-19-25)24-15-28-31(38-39-32(28)35-18-24)30-16-27-26(8-5-9-29(27)37-30)22-10-12-33-13-11-22/h2-19,36-37H,1H2,(H,35,38,39). The lowest BCUT2D eigenvalue weighted by Gasteiger charge is -2.11. The highest BCUT2D eigenvalue weighted by Crippen LogP contribution is 2.35. The van der Waals surface area contributed by atoms with Crippen molar-refractivity contribution in [3.05, 3.63) is 122 Å². The Balaban J connectivity index is 1.25. The number of nitrogens with zero attached hydrogens (tertiary/aromatic N) is 4. The Kier molecular flexibility index (Phi) is 5.45. The third-order valence-electron chi connectivity index (χ3n) is 6.82. The Bertz CT molecular complexity index is 1950. The van der Waals surface area contributed by atoms with Crippen molar-refractivity contribution in [1.29, 1.82) is 0 Å². The summed E-state index contributed by atoms with van der Waals surface area (Å²) in [5.41, 5.74) is 10.3. The van der Waals surface area contributed by atoms with E-state index in [1.165, 1.54) is 0 Å². The molecule has 3 N–H and O–H groups in total. The first kappa shape index (κ1) is 22.6. The van der Waals surface area contributed by atoms with Crippen LogP contribution in [0.2, 0.25) is 0 Å². The van der Waals surface area contributed by atoms with Crippen LogP contribution in [-0.2, 0) is 0 Å². The van der Waals surface area contributed by atoms with E-state index >= 15 is 0 Å². The SMILES string of the molecule is C=C(Nc1cncc(-c2cnc3[nH]nc(-c4cc5c(-c6ccncc6)cccc5[nH]4)c3c2)c1)c1ccccc1. The largest absolute Gasteiger partial charge is 0.354 e. The van der Waals surface area contributed by atoms with E-state index in [1.807, 2.05) is 73.3 Å². The van der Waals surface area contributed by atoms with E-state index in [0.717, 1.165) is 72.5 Å². The van der Waals surface area contributed by atoms with Gasteiger partial charge in [-0.05, 0) is 53.1 Å². The van der Waals surface area contributed by atoms with Gasteiger partial charge in [0.25, 0.3) is 0 Å². The van der Waals surface area contributed by atoms with Gasteiger partial charge >= 0.3 is 0 Å². The topological polar surface area (TPSA) is 95.2 Å². The van der Waals surface area contributed by atoms with Crippen LogP contribution in [0.15, 0.2) is 116 Å². The molecular weight excluding hydrogens is 482 g/mol. The number of anilines is 1. The summed E-state index contributed by atoms with van der Waals surface area (Å²) in [6.45, 7) is 4.17. The van der Waals surface area contributed by atoms with E-state index in [2.05, 4.69) is 72.4 Å². The Labute approximate surface area is 224 Å². The minimum atomic E-state index is 0.724. The molecule has 0 amide bonds. The van der Waals surface area contributed by atoms with E-state index in [9.17, 15) is 0 Å². The second kappa shape index (κ2) is 9.39. The van der Waals surface area contributed by atoms with Crippen molar-refractivity contribution < 1.29 is 0 Å². The van der Waals surface area contributed by atoms with Gasteiger partial charge in [0, 0.05) is 57.9 Å². The molecule has 0 aliphatic carbocycles. The molecule has 2 aromatic carbocycles. The zero-order valence-electron chi connectivity index (χ0n) is 20.9. The maximum Gasteiger partial charge on any atom is 0.155 e. The molecule has 0 radical (unpaired) electrons. The van der Waals surface area contributed by atoms with Crippen molar-refractivity contribution >= 4 is 33.3 Å². The van der Waals surface area contributed by atoms with Gasteiger partial charge in [0.15, 0.2) is 5.65 Å². The number of nitrogens with one attached hydrogen (secondary N) is 3. The quantitative estimate of drug-likeness (QED) is 0.220. The van der Waals surface area contributed by atoms with Crippen LogP contribution in [0.4, 0.5) is 5.69 Å². The summed E-state index contributed by atoms with van der Waals surface area (Å²) < 4.78 is 0. The van der Waals surface area contributed by atoms with Crippen molar-refractivity contribution in [3.8, 4) is 33.6 Å². The first-order valence-electron chi connectivity index (χ1n) is 12.6. The number of hydrogen-bond donors (Lipinski definition) is 3. The summed E-state index contributed by atoms with van der Waals surface area (Å²) in [5.74, 6) is 0. The van der Waals surface area contributed by atoms with E-state index in [1.54, 1.807) is 6.20 Å². The summed E-state index contributed by atoms with van der Waals surface area (Å²) in [5, 5.41) is 13.1. The molecule has 0 fully saturated rings. The molecule has 0 saturated heterocycles. The molecule has 7 aromatic rings. The predicted octanol–water partition coefficient (Wildman–Crippen LogP) is 7.31. The van der Waals surface area contributed by atoms with E-state index in [4.69, 9.17) is 0 Å². The fraction of sp³-hybridized carbons (Fsp3) is 0. The average Bonchev–Trinajstić information content (AvgIpc) is 3.62. The predicted molar refractivity (Wildman–Crippen MR) is 157 cm³/mol. The second-order valence-electron chi connectivity index (χ2n) is 9.31. The van der Waals surface area contributed by atoms with Crippen LogP contribution in [-0.4, -0.2) is 30.1 Å².